The molecule has 0 amide bonds. The van der Waals surface area contributed by atoms with Gasteiger partial charge in [-0.2, -0.15) is 0 Å². The zero-order chi connectivity index (χ0) is 11.4. The molecular weight excluding hydrogens is 204 g/mol. The van der Waals surface area contributed by atoms with Crippen molar-refractivity contribution in [3.63, 3.8) is 0 Å². The fraction of sp³-hybridized carbons (Fsp3) is 0.462. The standard InChI is InChI=1S/C13H16O3/c1-10-7-8-12(16-10)9-15-13(14)11-5-3-2-4-6-11/h2-6,10,12H,7-9H2,1H3/t10-,12?/m0/s1. The van der Waals surface area contributed by atoms with Crippen molar-refractivity contribution in [2.75, 3.05) is 6.61 Å². The number of carbonyl (C=O) groups excluding carboxylic acids is 1. The van der Waals surface area contributed by atoms with E-state index in [2.05, 4.69) is 0 Å². The summed E-state index contributed by atoms with van der Waals surface area (Å²) < 4.78 is 10.8. The monoisotopic (exact) mass is 220 g/mol. The summed E-state index contributed by atoms with van der Waals surface area (Å²) in [6.45, 7) is 2.40. The van der Waals surface area contributed by atoms with Crippen LogP contribution >= 0.6 is 0 Å². The molecule has 3 heteroatoms. The fourth-order valence-corrected chi connectivity index (χ4v) is 1.83. The van der Waals surface area contributed by atoms with Crippen LogP contribution in [-0.2, 0) is 9.47 Å². The maximum Gasteiger partial charge on any atom is 0.338 e. The van der Waals surface area contributed by atoms with Gasteiger partial charge in [0.15, 0.2) is 0 Å². The molecule has 2 rings (SSSR count). The number of hydrogen-bond donors (Lipinski definition) is 0. The molecule has 3 nitrogen and oxygen atoms in total. The number of ether oxygens (including phenoxy) is 2. The highest BCUT2D eigenvalue weighted by atomic mass is 16.6. The van der Waals surface area contributed by atoms with Crippen LogP contribution in [0.1, 0.15) is 30.1 Å². The number of benzene rings is 1. The first kappa shape index (κ1) is 11.1. The van der Waals surface area contributed by atoms with Crippen molar-refractivity contribution in [1.82, 2.24) is 0 Å². The van der Waals surface area contributed by atoms with Crippen LogP contribution in [-0.4, -0.2) is 24.8 Å². The molecule has 1 saturated heterocycles. The van der Waals surface area contributed by atoms with E-state index in [0.29, 0.717) is 18.3 Å². The molecule has 0 saturated carbocycles. The molecule has 1 fully saturated rings. The predicted molar refractivity (Wildman–Crippen MR) is 60.3 cm³/mol. The molecule has 2 atom stereocenters. The largest absolute Gasteiger partial charge is 0.459 e. The Hall–Kier alpha value is -1.35. The number of carbonyl (C=O) groups is 1. The van der Waals surface area contributed by atoms with Gasteiger partial charge in [0.2, 0.25) is 0 Å². The van der Waals surface area contributed by atoms with Crippen LogP contribution in [0.3, 0.4) is 0 Å². The lowest BCUT2D eigenvalue weighted by atomic mass is 10.2. The van der Waals surface area contributed by atoms with Gasteiger partial charge in [-0.15, -0.1) is 0 Å². The first-order chi connectivity index (χ1) is 7.75. The molecule has 0 aromatic heterocycles. The number of rotatable bonds is 3. The Morgan fingerprint density at radius 1 is 1.38 bits per heavy atom. The Morgan fingerprint density at radius 2 is 2.12 bits per heavy atom. The van der Waals surface area contributed by atoms with E-state index < -0.39 is 0 Å². The highest BCUT2D eigenvalue weighted by Crippen LogP contribution is 2.19. The molecule has 1 heterocycles. The van der Waals surface area contributed by atoms with E-state index >= 15 is 0 Å². The highest BCUT2D eigenvalue weighted by molar-refractivity contribution is 5.89. The Labute approximate surface area is 95.4 Å². The summed E-state index contributed by atoms with van der Waals surface area (Å²) in [4.78, 5) is 11.6. The minimum Gasteiger partial charge on any atom is -0.459 e. The van der Waals surface area contributed by atoms with Crippen LogP contribution in [0.4, 0.5) is 0 Å². The van der Waals surface area contributed by atoms with Crippen LogP contribution in [0.15, 0.2) is 30.3 Å². The van der Waals surface area contributed by atoms with Crippen molar-refractivity contribution in [1.29, 1.82) is 0 Å². The van der Waals surface area contributed by atoms with Crippen LogP contribution in [0.2, 0.25) is 0 Å². The van der Waals surface area contributed by atoms with Crippen molar-refractivity contribution in [2.45, 2.75) is 32.0 Å². The first-order valence-electron chi connectivity index (χ1n) is 5.63. The summed E-state index contributed by atoms with van der Waals surface area (Å²) in [6.07, 6.45) is 2.39. The summed E-state index contributed by atoms with van der Waals surface area (Å²) in [7, 11) is 0. The average Bonchev–Trinajstić information content (AvgIpc) is 2.73. The van der Waals surface area contributed by atoms with Crippen molar-refractivity contribution in [3.8, 4) is 0 Å². The van der Waals surface area contributed by atoms with Gasteiger partial charge in [-0.05, 0) is 31.9 Å². The third-order valence-corrected chi connectivity index (χ3v) is 2.73. The van der Waals surface area contributed by atoms with Gasteiger partial charge in [-0.25, -0.2) is 4.79 Å². The quantitative estimate of drug-likeness (QED) is 0.734. The van der Waals surface area contributed by atoms with E-state index in [1.54, 1.807) is 12.1 Å². The molecular formula is C13H16O3. The van der Waals surface area contributed by atoms with E-state index in [1.807, 2.05) is 25.1 Å². The zero-order valence-corrected chi connectivity index (χ0v) is 9.39. The molecule has 1 aromatic carbocycles. The highest BCUT2D eigenvalue weighted by Gasteiger charge is 2.23. The smallest absolute Gasteiger partial charge is 0.338 e. The maximum absolute atomic E-state index is 11.6. The predicted octanol–water partition coefficient (Wildman–Crippen LogP) is 2.41. The summed E-state index contributed by atoms with van der Waals surface area (Å²) >= 11 is 0. The van der Waals surface area contributed by atoms with Gasteiger partial charge in [0.1, 0.15) is 6.61 Å². The van der Waals surface area contributed by atoms with Gasteiger partial charge in [-0.1, -0.05) is 18.2 Å². The summed E-state index contributed by atoms with van der Waals surface area (Å²) in [5.74, 6) is -0.274. The van der Waals surface area contributed by atoms with Crippen molar-refractivity contribution in [3.05, 3.63) is 35.9 Å². The molecule has 1 aromatic rings. The zero-order valence-electron chi connectivity index (χ0n) is 9.39. The minimum absolute atomic E-state index is 0.0719. The summed E-state index contributed by atoms with van der Waals surface area (Å²) in [6, 6.07) is 9.02. The Bertz CT molecular complexity index is 347. The number of hydrogen-bond acceptors (Lipinski definition) is 3. The van der Waals surface area contributed by atoms with Gasteiger partial charge in [0.25, 0.3) is 0 Å². The second kappa shape index (κ2) is 5.12. The fourth-order valence-electron chi connectivity index (χ4n) is 1.83. The van der Waals surface area contributed by atoms with Gasteiger partial charge < -0.3 is 9.47 Å². The molecule has 0 N–H and O–H groups in total. The lowest BCUT2D eigenvalue weighted by Crippen LogP contribution is -2.19. The van der Waals surface area contributed by atoms with E-state index in [-0.39, 0.29) is 12.1 Å². The third kappa shape index (κ3) is 2.83. The van der Waals surface area contributed by atoms with E-state index in [4.69, 9.17) is 9.47 Å². The van der Waals surface area contributed by atoms with Crippen molar-refractivity contribution in [2.24, 2.45) is 0 Å². The molecule has 86 valence electrons. The maximum atomic E-state index is 11.6. The van der Waals surface area contributed by atoms with Crippen LogP contribution in [0, 0.1) is 0 Å². The van der Waals surface area contributed by atoms with Crippen LogP contribution in [0.25, 0.3) is 0 Å². The third-order valence-electron chi connectivity index (χ3n) is 2.73. The Balaban J connectivity index is 1.80. The molecule has 16 heavy (non-hydrogen) atoms. The molecule has 0 spiro atoms. The molecule has 0 radical (unpaired) electrons. The summed E-state index contributed by atoms with van der Waals surface area (Å²) in [5.41, 5.74) is 0.591. The number of esters is 1. The molecule has 1 aliphatic rings. The van der Waals surface area contributed by atoms with Gasteiger partial charge in [0.05, 0.1) is 17.8 Å². The van der Waals surface area contributed by atoms with Gasteiger partial charge >= 0.3 is 5.97 Å². The molecule has 0 aliphatic carbocycles. The van der Waals surface area contributed by atoms with Crippen molar-refractivity contribution >= 4 is 5.97 Å². The Kier molecular flexibility index (Phi) is 3.57. The topological polar surface area (TPSA) is 35.5 Å². The van der Waals surface area contributed by atoms with E-state index in [9.17, 15) is 4.79 Å². The molecule has 1 unspecified atom stereocenters. The lowest BCUT2D eigenvalue weighted by molar-refractivity contribution is -0.00265. The van der Waals surface area contributed by atoms with Crippen LogP contribution < -0.4 is 0 Å². The second-order valence-electron chi connectivity index (χ2n) is 4.11. The normalized spacial score (nSPS) is 24.3. The summed E-state index contributed by atoms with van der Waals surface area (Å²) in [5, 5.41) is 0. The average molecular weight is 220 g/mol. The van der Waals surface area contributed by atoms with Gasteiger partial charge in [-0.3, -0.25) is 0 Å². The first-order valence-corrected chi connectivity index (χ1v) is 5.63. The molecule has 0 bridgehead atoms. The van der Waals surface area contributed by atoms with Crippen molar-refractivity contribution < 1.29 is 14.3 Å². The molecule has 1 aliphatic heterocycles. The SMILES string of the molecule is C[C@H]1CCC(COC(=O)c2ccccc2)O1. The van der Waals surface area contributed by atoms with Crippen LogP contribution in [0.5, 0.6) is 0 Å². The van der Waals surface area contributed by atoms with E-state index in [0.717, 1.165) is 12.8 Å². The second-order valence-corrected chi connectivity index (χ2v) is 4.11. The Morgan fingerprint density at radius 3 is 2.75 bits per heavy atom. The van der Waals surface area contributed by atoms with Gasteiger partial charge in [0, 0.05) is 0 Å². The minimum atomic E-state index is -0.274. The van der Waals surface area contributed by atoms with E-state index in [1.165, 1.54) is 0 Å². The lowest BCUT2D eigenvalue weighted by Gasteiger charge is -2.11.